The van der Waals surface area contributed by atoms with Crippen molar-refractivity contribution in [3.63, 3.8) is 0 Å². The number of halogens is 4. The van der Waals surface area contributed by atoms with Crippen LogP contribution in [0.15, 0.2) is 42.2 Å². The van der Waals surface area contributed by atoms with Crippen molar-refractivity contribution in [3.8, 4) is 0 Å². The third-order valence-electron chi connectivity index (χ3n) is 3.28. The molecule has 0 amide bonds. The highest BCUT2D eigenvalue weighted by Crippen LogP contribution is 2.42. The first kappa shape index (κ1) is 28.5. The molecule has 174 valence electrons. The van der Waals surface area contributed by atoms with Crippen LogP contribution in [0, 0.1) is 0 Å². The van der Waals surface area contributed by atoms with E-state index in [1.54, 1.807) is 13.8 Å². The van der Waals surface area contributed by atoms with Gasteiger partial charge in [-0.2, -0.15) is 0 Å². The lowest BCUT2D eigenvalue weighted by atomic mass is 10.1. The molecule has 0 saturated heterocycles. The van der Waals surface area contributed by atoms with Crippen LogP contribution in [0.4, 0.5) is 0 Å². The van der Waals surface area contributed by atoms with E-state index < -0.39 is 37.1 Å². The molecule has 0 radical (unpaired) electrons. The van der Waals surface area contributed by atoms with Crippen molar-refractivity contribution < 1.29 is 38.1 Å². The molecule has 12 heteroatoms. The molecule has 8 nitrogen and oxygen atoms in total. The molecule has 1 rings (SSSR count). The lowest BCUT2D eigenvalue weighted by Gasteiger charge is -2.16. The summed E-state index contributed by atoms with van der Waals surface area (Å²) in [5.74, 6) is -3.60. The molecule has 0 fully saturated rings. The highest BCUT2D eigenvalue weighted by atomic mass is 79.9. The van der Waals surface area contributed by atoms with E-state index in [0.717, 1.165) is 0 Å². The molecule has 0 aliphatic heterocycles. The van der Waals surface area contributed by atoms with E-state index in [1.807, 2.05) is 0 Å². The highest BCUT2D eigenvalue weighted by Gasteiger charge is 2.30. The molecule has 0 bridgehead atoms. The fourth-order valence-electron chi connectivity index (χ4n) is 1.90. The molecule has 0 N–H and O–H groups in total. The van der Waals surface area contributed by atoms with Crippen LogP contribution in [0.3, 0.4) is 0 Å². The van der Waals surface area contributed by atoms with Crippen molar-refractivity contribution in [1.82, 2.24) is 0 Å². The number of esters is 4. The molecule has 0 unspecified atom stereocenters. The topological polar surface area (TPSA) is 105 Å². The minimum atomic E-state index is -1.00. The van der Waals surface area contributed by atoms with Crippen molar-refractivity contribution in [2.75, 3.05) is 26.4 Å². The zero-order chi connectivity index (χ0) is 24.6. The number of ether oxygens (including phenoxy) is 4. The highest BCUT2D eigenvalue weighted by molar-refractivity contribution is 9.15. The number of carbonyl (C=O) groups excluding carboxylic acids is 4. The fourth-order valence-corrected chi connectivity index (χ4v) is 4.34. The van der Waals surface area contributed by atoms with Gasteiger partial charge in [-0.1, -0.05) is 13.2 Å². The smallest absolute Gasteiger partial charge is 0.344 e. The summed E-state index contributed by atoms with van der Waals surface area (Å²) in [5, 5.41) is 0. The Hall–Kier alpha value is -1.50. The van der Waals surface area contributed by atoms with Crippen molar-refractivity contribution in [1.29, 1.82) is 0 Å². The van der Waals surface area contributed by atoms with E-state index in [4.69, 9.17) is 18.9 Å². The van der Waals surface area contributed by atoms with E-state index >= 15 is 0 Å². The van der Waals surface area contributed by atoms with Crippen LogP contribution in [0.5, 0.6) is 0 Å². The third kappa shape index (κ3) is 8.45. The number of rotatable bonds is 10. The Morgan fingerprint density at radius 2 is 0.906 bits per heavy atom. The predicted octanol–water partition coefficient (Wildman–Crippen LogP) is 5.29. The molecular formula is C20H18Br4O8. The monoisotopic (exact) mass is 702 g/mol. The van der Waals surface area contributed by atoms with Gasteiger partial charge < -0.3 is 18.9 Å². The molecular weight excluding hydrogens is 688 g/mol. The lowest BCUT2D eigenvalue weighted by Crippen LogP contribution is -2.22. The average molecular weight is 706 g/mol. The fraction of sp³-hybridized carbons (Fsp3) is 0.300. The van der Waals surface area contributed by atoms with Gasteiger partial charge in [0.05, 0.1) is 11.1 Å². The quantitative estimate of drug-likeness (QED) is 0.106. The van der Waals surface area contributed by atoms with Gasteiger partial charge in [0.2, 0.25) is 0 Å². The van der Waals surface area contributed by atoms with E-state index in [2.05, 4.69) is 76.9 Å². The maximum atomic E-state index is 12.7. The maximum Gasteiger partial charge on any atom is 0.344 e. The van der Waals surface area contributed by atoms with Crippen LogP contribution < -0.4 is 0 Å². The molecule has 0 saturated carbocycles. The molecule has 0 aliphatic carbocycles. The van der Waals surface area contributed by atoms with Gasteiger partial charge in [-0.05, 0) is 88.7 Å². The van der Waals surface area contributed by atoms with Crippen LogP contribution in [0.25, 0.3) is 0 Å². The van der Waals surface area contributed by atoms with Crippen molar-refractivity contribution >= 4 is 87.6 Å². The summed E-state index contributed by atoms with van der Waals surface area (Å²) < 4.78 is 20.8. The zero-order valence-electron chi connectivity index (χ0n) is 17.0. The Morgan fingerprint density at radius 3 is 1.19 bits per heavy atom. The molecule has 0 spiro atoms. The number of hydrogen-bond donors (Lipinski definition) is 0. The average Bonchev–Trinajstić information content (AvgIpc) is 2.73. The number of carbonyl (C=O) groups is 4. The first-order valence-corrected chi connectivity index (χ1v) is 11.8. The summed E-state index contributed by atoms with van der Waals surface area (Å²) >= 11 is 13.0. The van der Waals surface area contributed by atoms with Gasteiger partial charge in [0.25, 0.3) is 0 Å². The van der Waals surface area contributed by atoms with Crippen LogP contribution in [0.2, 0.25) is 0 Å². The molecule has 1 aromatic carbocycles. The second kappa shape index (κ2) is 13.3. The van der Waals surface area contributed by atoms with Crippen LogP contribution in [-0.2, 0) is 28.5 Å². The van der Waals surface area contributed by atoms with Gasteiger partial charge in [0, 0.05) is 17.9 Å². The van der Waals surface area contributed by atoms with Gasteiger partial charge in [-0.15, -0.1) is 0 Å². The molecule has 0 atom stereocenters. The van der Waals surface area contributed by atoms with Crippen molar-refractivity contribution in [2.45, 2.75) is 13.8 Å². The summed E-state index contributed by atoms with van der Waals surface area (Å²) in [7, 11) is 0. The normalized spacial score (nSPS) is 10.2. The Kier molecular flexibility index (Phi) is 11.8. The first-order valence-electron chi connectivity index (χ1n) is 8.66. The molecule has 0 heterocycles. The Bertz CT molecular complexity index is 894. The molecule has 0 aromatic heterocycles. The Balaban J connectivity index is 3.10. The Labute approximate surface area is 218 Å². The van der Waals surface area contributed by atoms with Gasteiger partial charge in [-0.3, -0.25) is 0 Å². The van der Waals surface area contributed by atoms with Gasteiger partial charge >= 0.3 is 23.9 Å². The maximum absolute atomic E-state index is 12.7. The van der Waals surface area contributed by atoms with E-state index in [9.17, 15) is 19.2 Å². The van der Waals surface area contributed by atoms with Crippen LogP contribution in [0.1, 0.15) is 34.6 Å². The third-order valence-corrected chi connectivity index (χ3v) is 8.04. The molecule has 32 heavy (non-hydrogen) atoms. The lowest BCUT2D eigenvalue weighted by molar-refractivity contribution is -0.147. The number of benzene rings is 1. The zero-order valence-corrected chi connectivity index (χ0v) is 23.4. The summed E-state index contributed by atoms with van der Waals surface area (Å²) in [6, 6.07) is 0. The second-order valence-electron chi connectivity index (χ2n) is 6.39. The summed E-state index contributed by atoms with van der Waals surface area (Å²) in [6.07, 6.45) is 0. The minimum Gasteiger partial charge on any atom is -0.459 e. The van der Waals surface area contributed by atoms with E-state index in [-0.39, 0.29) is 33.3 Å². The van der Waals surface area contributed by atoms with Crippen molar-refractivity contribution in [2.24, 2.45) is 0 Å². The second-order valence-corrected chi connectivity index (χ2v) is 9.57. The van der Waals surface area contributed by atoms with Gasteiger partial charge in [0.1, 0.15) is 13.2 Å². The summed E-state index contributed by atoms with van der Waals surface area (Å²) in [4.78, 5) is 48.9. The predicted molar refractivity (Wildman–Crippen MR) is 129 cm³/mol. The minimum absolute atomic E-state index is 0.0193. The molecule has 1 aromatic rings. The van der Waals surface area contributed by atoms with Crippen LogP contribution >= 0.6 is 63.7 Å². The van der Waals surface area contributed by atoms with E-state index in [0.29, 0.717) is 20.1 Å². The van der Waals surface area contributed by atoms with Gasteiger partial charge in [0.15, 0.2) is 13.2 Å². The van der Waals surface area contributed by atoms with Crippen LogP contribution in [-0.4, -0.2) is 50.3 Å². The molecule has 0 aliphatic rings. The van der Waals surface area contributed by atoms with E-state index in [1.165, 1.54) is 0 Å². The standard InChI is InChI=1S/C20H18Br4O8/c1-9(2)5-29-11(25)7-31-19(27)13-14(16(22)18(24)17(23)15(13)21)20(28)32-8-12(26)30-6-10(3)4/h1,3,5-8H2,2,4H3. The Morgan fingerprint density at radius 1 is 0.594 bits per heavy atom. The van der Waals surface area contributed by atoms with Gasteiger partial charge in [-0.25, -0.2) is 19.2 Å². The SMILES string of the molecule is C=C(C)COC(=O)COC(=O)c1c(Br)c(Br)c(Br)c(Br)c1C(=O)OCC(=O)OCC(=C)C. The summed E-state index contributed by atoms with van der Waals surface area (Å²) in [5.41, 5.74) is 0.750. The first-order chi connectivity index (χ1) is 14.9. The summed E-state index contributed by atoms with van der Waals surface area (Å²) in [6.45, 7) is 9.11. The largest absolute Gasteiger partial charge is 0.459 e. The van der Waals surface area contributed by atoms with Crippen molar-refractivity contribution in [3.05, 3.63) is 53.3 Å². The number of hydrogen-bond acceptors (Lipinski definition) is 8.